The molecule has 0 saturated carbocycles. The first-order valence-corrected chi connectivity index (χ1v) is 10.9. The van der Waals surface area contributed by atoms with Gasteiger partial charge in [-0.15, -0.1) is 0 Å². The van der Waals surface area contributed by atoms with Gasteiger partial charge >= 0.3 is 11.7 Å². The molecule has 0 radical (unpaired) electrons. The molecule has 2 aromatic carbocycles. The standard InChI is InChI=1S/C21H18BrClN4O6/c1-3-18-25-16-6-5-13(22)8-15(16)21(29)26(18)24-10-12-7-14(23)9-17(27(30)31)20(12)33-11-19(28)32-4-2/h5-10H,3-4,11H2,1-2H3. The number of ether oxygens (including phenoxy) is 2. The number of esters is 1. The van der Waals surface area contributed by atoms with Crippen LogP contribution in [0.25, 0.3) is 10.9 Å². The maximum Gasteiger partial charge on any atom is 0.344 e. The molecule has 1 heterocycles. The Morgan fingerprint density at radius 3 is 2.76 bits per heavy atom. The van der Waals surface area contributed by atoms with Crippen molar-refractivity contribution in [3.05, 3.63) is 71.7 Å². The molecule has 0 bridgehead atoms. The molecule has 0 aliphatic heterocycles. The molecule has 0 fully saturated rings. The number of fused-ring (bicyclic) bond motifs is 1. The highest BCUT2D eigenvalue weighted by Crippen LogP contribution is 2.33. The van der Waals surface area contributed by atoms with Gasteiger partial charge in [0.1, 0.15) is 5.82 Å². The third kappa shape index (κ3) is 5.55. The summed E-state index contributed by atoms with van der Waals surface area (Å²) in [7, 11) is 0. The van der Waals surface area contributed by atoms with Gasteiger partial charge in [0.25, 0.3) is 5.56 Å². The zero-order valence-electron chi connectivity index (χ0n) is 17.6. The molecular formula is C21H18BrClN4O6. The molecule has 0 atom stereocenters. The molecule has 12 heteroatoms. The Kier molecular flexibility index (Phi) is 7.77. The van der Waals surface area contributed by atoms with Crippen molar-refractivity contribution in [1.29, 1.82) is 0 Å². The maximum atomic E-state index is 13.1. The molecule has 1 aromatic heterocycles. The maximum absolute atomic E-state index is 13.1. The number of aromatic nitrogens is 2. The van der Waals surface area contributed by atoms with Crippen LogP contribution in [0.1, 0.15) is 25.2 Å². The molecule has 0 spiro atoms. The van der Waals surface area contributed by atoms with Crippen molar-refractivity contribution in [1.82, 2.24) is 9.66 Å². The second kappa shape index (κ2) is 10.5. The van der Waals surface area contributed by atoms with Crippen LogP contribution < -0.4 is 10.3 Å². The van der Waals surface area contributed by atoms with Gasteiger partial charge in [-0.1, -0.05) is 34.5 Å². The lowest BCUT2D eigenvalue weighted by Gasteiger charge is -2.11. The van der Waals surface area contributed by atoms with Crippen LogP contribution in [0.3, 0.4) is 0 Å². The number of halogens is 2. The highest BCUT2D eigenvalue weighted by molar-refractivity contribution is 9.10. The van der Waals surface area contributed by atoms with Crippen LogP contribution >= 0.6 is 27.5 Å². The second-order valence-electron chi connectivity index (χ2n) is 6.60. The molecule has 33 heavy (non-hydrogen) atoms. The number of aryl methyl sites for hydroxylation is 1. The SMILES string of the molecule is CCOC(=O)COc1c(C=Nn2c(CC)nc3ccc(Br)cc3c2=O)cc(Cl)cc1[N+](=O)[O-]. The van der Waals surface area contributed by atoms with E-state index in [1.165, 1.54) is 12.3 Å². The van der Waals surface area contributed by atoms with Crippen LogP contribution in [-0.4, -0.2) is 40.0 Å². The number of nitro benzene ring substituents is 1. The van der Waals surface area contributed by atoms with Crippen LogP contribution in [0.4, 0.5) is 5.69 Å². The molecule has 0 N–H and O–H groups in total. The van der Waals surface area contributed by atoms with Crippen molar-refractivity contribution < 1.29 is 19.2 Å². The fourth-order valence-electron chi connectivity index (χ4n) is 2.98. The highest BCUT2D eigenvalue weighted by atomic mass is 79.9. The van der Waals surface area contributed by atoms with Gasteiger partial charge in [0, 0.05) is 27.5 Å². The van der Waals surface area contributed by atoms with E-state index in [4.69, 9.17) is 21.1 Å². The average Bonchev–Trinajstić information content (AvgIpc) is 2.77. The molecule has 0 amide bonds. The Morgan fingerprint density at radius 1 is 1.33 bits per heavy atom. The topological polar surface area (TPSA) is 126 Å². The lowest BCUT2D eigenvalue weighted by atomic mass is 10.2. The number of rotatable bonds is 8. The number of carbonyl (C=O) groups excluding carboxylic acids is 1. The van der Waals surface area contributed by atoms with Gasteiger partial charge in [-0.2, -0.15) is 9.78 Å². The molecule has 3 aromatic rings. The van der Waals surface area contributed by atoms with Gasteiger partial charge in [0.05, 0.1) is 28.6 Å². The zero-order valence-corrected chi connectivity index (χ0v) is 19.9. The number of hydrogen-bond donors (Lipinski definition) is 0. The van der Waals surface area contributed by atoms with Crippen LogP contribution in [0.2, 0.25) is 5.02 Å². The summed E-state index contributed by atoms with van der Waals surface area (Å²) in [5.41, 5.74) is -0.262. The van der Waals surface area contributed by atoms with E-state index in [0.717, 1.165) is 10.7 Å². The summed E-state index contributed by atoms with van der Waals surface area (Å²) in [6.07, 6.45) is 1.60. The van der Waals surface area contributed by atoms with Gasteiger partial charge in [-0.05, 0) is 31.2 Å². The summed E-state index contributed by atoms with van der Waals surface area (Å²) >= 11 is 9.38. The first-order chi connectivity index (χ1) is 15.7. The van der Waals surface area contributed by atoms with Crippen LogP contribution in [-0.2, 0) is 16.0 Å². The summed E-state index contributed by atoms with van der Waals surface area (Å²) < 4.78 is 12.0. The third-order valence-electron chi connectivity index (χ3n) is 4.40. The van der Waals surface area contributed by atoms with Gasteiger partial charge < -0.3 is 9.47 Å². The molecule has 0 unspecified atom stereocenters. The molecule has 0 aliphatic rings. The Labute approximate surface area is 201 Å². The molecule has 3 rings (SSSR count). The summed E-state index contributed by atoms with van der Waals surface area (Å²) in [5.74, 6) is -0.543. The normalized spacial score (nSPS) is 11.2. The second-order valence-corrected chi connectivity index (χ2v) is 7.95. The number of carbonyl (C=O) groups is 1. The molecular weight excluding hydrogens is 520 g/mol. The molecule has 0 aliphatic carbocycles. The lowest BCUT2D eigenvalue weighted by Crippen LogP contribution is -2.22. The van der Waals surface area contributed by atoms with Crippen molar-refractivity contribution in [2.24, 2.45) is 5.10 Å². The molecule has 0 saturated heterocycles. The van der Waals surface area contributed by atoms with E-state index >= 15 is 0 Å². The van der Waals surface area contributed by atoms with E-state index in [9.17, 15) is 19.7 Å². The van der Waals surface area contributed by atoms with E-state index in [1.54, 1.807) is 25.1 Å². The van der Waals surface area contributed by atoms with Gasteiger partial charge in [-0.3, -0.25) is 14.9 Å². The van der Waals surface area contributed by atoms with Gasteiger partial charge in [0.2, 0.25) is 5.75 Å². The van der Waals surface area contributed by atoms with Crippen molar-refractivity contribution in [3.63, 3.8) is 0 Å². The highest BCUT2D eigenvalue weighted by Gasteiger charge is 2.22. The Hall–Kier alpha value is -3.31. The number of nitrogens with zero attached hydrogens (tertiary/aromatic N) is 4. The van der Waals surface area contributed by atoms with Gasteiger partial charge in [0.15, 0.2) is 6.61 Å². The van der Waals surface area contributed by atoms with E-state index in [0.29, 0.717) is 27.6 Å². The van der Waals surface area contributed by atoms with Crippen LogP contribution in [0.15, 0.2) is 44.7 Å². The van der Waals surface area contributed by atoms with Crippen molar-refractivity contribution in [3.8, 4) is 5.75 Å². The first-order valence-electron chi connectivity index (χ1n) is 9.77. The number of benzene rings is 2. The Bertz CT molecular complexity index is 1320. The summed E-state index contributed by atoms with van der Waals surface area (Å²) in [6, 6.07) is 7.60. The fourth-order valence-corrected chi connectivity index (χ4v) is 3.57. The van der Waals surface area contributed by atoms with E-state index < -0.39 is 28.7 Å². The fraction of sp³-hybridized carbons (Fsp3) is 0.238. The minimum atomic E-state index is -0.696. The monoisotopic (exact) mass is 536 g/mol. The summed E-state index contributed by atoms with van der Waals surface area (Å²) in [6.45, 7) is 3.02. The van der Waals surface area contributed by atoms with Crippen molar-refractivity contribution in [2.75, 3.05) is 13.2 Å². The predicted molar refractivity (Wildman–Crippen MR) is 126 cm³/mol. The molecule has 10 nitrogen and oxygen atoms in total. The molecule has 172 valence electrons. The van der Waals surface area contributed by atoms with E-state index in [1.807, 2.05) is 6.92 Å². The van der Waals surface area contributed by atoms with Crippen LogP contribution in [0, 0.1) is 10.1 Å². The van der Waals surface area contributed by atoms with Crippen LogP contribution in [0.5, 0.6) is 5.75 Å². The average molecular weight is 538 g/mol. The zero-order chi connectivity index (χ0) is 24.1. The summed E-state index contributed by atoms with van der Waals surface area (Å²) in [4.78, 5) is 40.1. The number of nitro groups is 1. The lowest BCUT2D eigenvalue weighted by molar-refractivity contribution is -0.385. The Morgan fingerprint density at radius 2 is 2.09 bits per heavy atom. The smallest absolute Gasteiger partial charge is 0.344 e. The largest absolute Gasteiger partial charge is 0.474 e. The third-order valence-corrected chi connectivity index (χ3v) is 5.11. The quantitative estimate of drug-likeness (QED) is 0.183. The first kappa shape index (κ1) is 24.3. The predicted octanol–water partition coefficient (Wildman–Crippen LogP) is 4.11. The Balaban J connectivity index is 2.12. The van der Waals surface area contributed by atoms with E-state index in [-0.39, 0.29) is 22.9 Å². The van der Waals surface area contributed by atoms with Crippen molar-refractivity contribution >= 4 is 56.3 Å². The number of hydrogen-bond acceptors (Lipinski definition) is 8. The minimum absolute atomic E-state index is 0.0512. The minimum Gasteiger partial charge on any atom is -0.474 e. The van der Waals surface area contributed by atoms with Gasteiger partial charge in [-0.25, -0.2) is 9.78 Å². The summed E-state index contributed by atoms with van der Waals surface area (Å²) in [5, 5.41) is 16.1. The van der Waals surface area contributed by atoms with Crippen molar-refractivity contribution in [2.45, 2.75) is 20.3 Å². The van der Waals surface area contributed by atoms with E-state index in [2.05, 4.69) is 26.0 Å².